The van der Waals surface area contributed by atoms with Gasteiger partial charge in [0.15, 0.2) is 0 Å². The average molecular weight is 359 g/mol. The molecule has 0 heterocycles. The fourth-order valence-electron chi connectivity index (χ4n) is 2.03. The Morgan fingerprint density at radius 3 is 2.24 bits per heavy atom. The van der Waals surface area contributed by atoms with Gasteiger partial charge in [-0.05, 0) is 37.3 Å². The Hall–Kier alpha value is -2.87. The van der Waals surface area contributed by atoms with E-state index in [9.17, 15) is 19.7 Å². The summed E-state index contributed by atoms with van der Waals surface area (Å²) in [6.45, 7) is 3.16. The maximum absolute atomic E-state index is 12.3. The molecule has 1 unspecified atom stereocenters. The minimum atomic E-state index is -0.466. The van der Waals surface area contributed by atoms with Crippen molar-refractivity contribution < 1.29 is 14.5 Å². The normalized spacial score (nSPS) is 11.4. The highest BCUT2D eigenvalue weighted by molar-refractivity contribution is 8.00. The van der Waals surface area contributed by atoms with E-state index >= 15 is 0 Å². The van der Waals surface area contributed by atoms with Crippen molar-refractivity contribution in [2.45, 2.75) is 24.0 Å². The summed E-state index contributed by atoms with van der Waals surface area (Å²) in [5.41, 5.74) is 1.18. The largest absolute Gasteiger partial charge is 0.326 e. The minimum Gasteiger partial charge on any atom is -0.326 e. The Morgan fingerprint density at radius 2 is 1.68 bits per heavy atom. The van der Waals surface area contributed by atoms with Crippen molar-refractivity contribution >= 4 is 40.6 Å². The molecule has 130 valence electrons. The Balaban J connectivity index is 1.98. The summed E-state index contributed by atoms with van der Waals surface area (Å²) < 4.78 is 0. The van der Waals surface area contributed by atoms with E-state index < -0.39 is 10.2 Å². The number of anilines is 2. The maximum Gasteiger partial charge on any atom is 0.269 e. The number of benzene rings is 2. The zero-order chi connectivity index (χ0) is 18.4. The van der Waals surface area contributed by atoms with E-state index in [2.05, 4.69) is 10.6 Å². The zero-order valence-electron chi connectivity index (χ0n) is 13.7. The van der Waals surface area contributed by atoms with E-state index in [-0.39, 0.29) is 17.5 Å². The molecule has 0 aromatic heterocycles. The van der Waals surface area contributed by atoms with E-state index in [0.717, 1.165) is 4.90 Å². The second-order valence-corrected chi connectivity index (χ2v) is 6.68. The molecule has 2 aromatic rings. The van der Waals surface area contributed by atoms with Gasteiger partial charge in [-0.3, -0.25) is 19.7 Å². The number of nitrogens with zero attached hydrogens (tertiary/aromatic N) is 1. The molecular formula is C17H17N3O4S. The van der Waals surface area contributed by atoms with Crippen LogP contribution in [-0.4, -0.2) is 22.0 Å². The fraction of sp³-hybridized carbons (Fsp3) is 0.176. The zero-order valence-corrected chi connectivity index (χ0v) is 14.5. The molecule has 0 radical (unpaired) electrons. The lowest BCUT2D eigenvalue weighted by atomic mass is 10.2. The highest BCUT2D eigenvalue weighted by Crippen LogP contribution is 2.26. The summed E-state index contributed by atoms with van der Waals surface area (Å²) in [6, 6.07) is 12.9. The van der Waals surface area contributed by atoms with Crippen LogP contribution in [0.2, 0.25) is 0 Å². The highest BCUT2D eigenvalue weighted by Gasteiger charge is 2.15. The number of thioether (sulfide) groups is 1. The topological polar surface area (TPSA) is 101 Å². The molecule has 8 heteroatoms. The first-order valence-corrected chi connectivity index (χ1v) is 8.33. The molecule has 1 atom stereocenters. The van der Waals surface area contributed by atoms with Crippen molar-refractivity contribution in [1.29, 1.82) is 0 Å². The van der Waals surface area contributed by atoms with Crippen LogP contribution in [0.5, 0.6) is 0 Å². The molecule has 2 amide bonds. The van der Waals surface area contributed by atoms with Gasteiger partial charge in [-0.2, -0.15) is 0 Å². The van der Waals surface area contributed by atoms with E-state index in [1.807, 2.05) is 0 Å². The summed E-state index contributed by atoms with van der Waals surface area (Å²) in [7, 11) is 0. The van der Waals surface area contributed by atoms with Crippen molar-refractivity contribution in [3.05, 3.63) is 58.6 Å². The van der Waals surface area contributed by atoms with Crippen LogP contribution in [0.1, 0.15) is 13.8 Å². The molecule has 0 bridgehead atoms. The average Bonchev–Trinajstić information content (AvgIpc) is 2.55. The lowest BCUT2D eigenvalue weighted by Gasteiger charge is -2.13. The number of nitro benzene ring substituents is 1. The quantitative estimate of drug-likeness (QED) is 0.465. The summed E-state index contributed by atoms with van der Waals surface area (Å²) in [5.74, 6) is -0.395. The number of nitrogens with one attached hydrogen (secondary N) is 2. The van der Waals surface area contributed by atoms with E-state index in [0.29, 0.717) is 11.4 Å². The minimum absolute atomic E-state index is 0.0104. The van der Waals surface area contributed by atoms with Crippen LogP contribution >= 0.6 is 11.8 Å². The monoisotopic (exact) mass is 359 g/mol. The Bertz CT molecular complexity index is 793. The molecule has 0 aliphatic carbocycles. The first-order chi connectivity index (χ1) is 11.8. The summed E-state index contributed by atoms with van der Waals surface area (Å²) in [5, 5.41) is 15.7. The van der Waals surface area contributed by atoms with E-state index in [4.69, 9.17) is 0 Å². The number of hydrogen-bond acceptors (Lipinski definition) is 5. The molecule has 2 N–H and O–H groups in total. The van der Waals surface area contributed by atoms with Gasteiger partial charge in [0.1, 0.15) is 0 Å². The number of rotatable bonds is 6. The third-order valence-electron chi connectivity index (χ3n) is 3.18. The van der Waals surface area contributed by atoms with Crippen LogP contribution in [0, 0.1) is 10.1 Å². The molecule has 0 saturated carbocycles. The van der Waals surface area contributed by atoms with Gasteiger partial charge in [0.05, 0.1) is 10.2 Å². The number of carbonyl (C=O) groups is 2. The highest BCUT2D eigenvalue weighted by atomic mass is 32.2. The molecular weight excluding hydrogens is 342 g/mol. The second kappa shape index (κ2) is 8.29. The van der Waals surface area contributed by atoms with Crippen molar-refractivity contribution in [1.82, 2.24) is 0 Å². The molecule has 7 nitrogen and oxygen atoms in total. The number of amides is 2. The van der Waals surface area contributed by atoms with Crippen LogP contribution in [0.15, 0.2) is 53.4 Å². The van der Waals surface area contributed by atoms with Crippen LogP contribution in [-0.2, 0) is 9.59 Å². The van der Waals surface area contributed by atoms with Gasteiger partial charge >= 0.3 is 0 Å². The van der Waals surface area contributed by atoms with Crippen LogP contribution in [0.25, 0.3) is 0 Å². The second-order valence-electron chi connectivity index (χ2n) is 5.26. The van der Waals surface area contributed by atoms with Crippen LogP contribution in [0.4, 0.5) is 17.1 Å². The van der Waals surface area contributed by atoms with Gasteiger partial charge in [-0.25, -0.2) is 0 Å². The van der Waals surface area contributed by atoms with Gasteiger partial charge in [0, 0.05) is 35.3 Å². The van der Waals surface area contributed by atoms with Gasteiger partial charge in [0.25, 0.3) is 5.69 Å². The summed E-state index contributed by atoms with van der Waals surface area (Å²) in [6.07, 6.45) is 0. The van der Waals surface area contributed by atoms with Gasteiger partial charge in [-0.15, -0.1) is 11.8 Å². The molecule has 0 saturated heterocycles. The predicted octanol–water partition coefficient (Wildman–Crippen LogP) is 3.67. The van der Waals surface area contributed by atoms with Gasteiger partial charge in [-0.1, -0.05) is 6.07 Å². The van der Waals surface area contributed by atoms with Crippen molar-refractivity contribution in [2.75, 3.05) is 10.6 Å². The molecule has 2 rings (SSSR count). The van der Waals surface area contributed by atoms with Crippen molar-refractivity contribution in [2.24, 2.45) is 0 Å². The Labute approximate surface area is 149 Å². The molecule has 25 heavy (non-hydrogen) atoms. The third kappa shape index (κ3) is 5.61. The Kier molecular flexibility index (Phi) is 6.13. The first kappa shape index (κ1) is 18.5. The molecule has 2 aromatic carbocycles. The lowest BCUT2D eigenvalue weighted by Crippen LogP contribution is -2.22. The van der Waals surface area contributed by atoms with Crippen LogP contribution < -0.4 is 10.6 Å². The van der Waals surface area contributed by atoms with Gasteiger partial charge in [0.2, 0.25) is 11.8 Å². The van der Waals surface area contributed by atoms with E-state index in [1.165, 1.54) is 30.8 Å². The molecule has 0 fully saturated rings. The standard InChI is InChI=1S/C17H17N3O4S/c1-11(25-16-8-6-15(7-9-16)20(23)24)17(22)19-14-5-3-4-13(10-14)18-12(2)21/h3-11H,1-2H3,(H,18,21)(H,19,22). The Morgan fingerprint density at radius 1 is 1.08 bits per heavy atom. The summed E-state index contributed by atoms with van der Waals surface area (Å²) in [4.78, 5) is 34.3. The van der Waals surface area contributed by atoms with Crippen molar-refractivity contribution in [3.8, 4) is 0 Å². The van der Waals surface area contributed by atoms with Gasteiger partial charge < -0.3 is 10.6 Å². The smallest absolute Gasteiger partial charge is 0.269 e. The molecule has 0 aliphatic heterocycles. The number of hydrogen-bond donors (Lipinski definition) is 2. The third-order valence-corrected chi connectivity index (χ3v) is 4.29. The number of nitro groups is 1. The predicted molar refractivity (Wildman–Crippen MR) is 97.8 cm³/mol. The first-order valence-electron chi connectivity index (χ1n) is 7.45. The molecule has 0 spiro atoms. The number of carbonyl (C=O) groups excluding carboxylic acids is 2. The van der Waals surface area contributed by atoms with Crippen LogP contribution in [0.3, 0.4) is 0 Å². The summed E-state index contributed by atoms with van der Waals surface area (Å²) >= 11 is 1.30. The maximum atomic E-state index is 12.3. The lowest BCUT2D eigenvalue weighted by molar-refractivity contribution is -0.384. The van der Waals surface area contributed by atoms with E-state index in [1.54, 1.807) is 43.3 Å². The molecule has 0 aliphatic rings. The fourth-order valence-corrected chi connectivity index (χ4v) is 2.89. The SMILES string of the molecule is CC(=O)Nc1cccc(NC(=O)C(C)Sc2ccc([N+](=O)[O-])cc2)c1. The van der Waals surface area contributed by atoms with Crippen molar-refractivity contribution in [3.63, 3.8) is 0 Å². The number of non-ortho nitro benzene ring substituents is 1.